The van der Waals surface area contributed by atoms with E-state index in [1.807, 2.05) is 6.08 Å². The van der Waals surface area contributed by atoms with E-state index in [9.17, 15) is 19.8 Å². The van der Waals surface area contributed by atoms with Crippen LogP contribution in [0.25, 0.3) is 0 Å². The van der Waals surface area contributed by atoms with Crippen LogP contribution in [0.15, 0.2) is 22.9 Å². The summed E-state index contributed by atoms with van der Waals surface area (Å²) in [7, 11) is 0. The molecule has 27 heavy (non-hydrogen) atoms. The van der Waals surface area contributed by atoms with Crippen molar-refractivity contribution in [1.29, 1.82) is 0 Å². The van der Waals surface area contributed by atoms with Crippen LogP contribution in [0.2, 0.25) is 0 Å². The van der Waals surface area contributed by atoms with Gasteiger partial charge in [-0.25, -0.2) is 0 Å². The molecule has 0 heterocycles. The monoisotopic (exact) mass is 373 g/mol. The largest absolute Gasteiger partial charge is 0.393 e. The fourth-order valence-corrected chi connectivity index (χ4v) is 7.29. The first kappa shape index (κ1) is 18.9. The molecule has 0 saturated heterocycles. The quantitative estimate of drug-likeness (QED) is 0.664. The fraction of sp³-hybridized carbons (Fsp3) is 0.727. The molecule has 3 N–H and O–H groups in total. The third-order valence-corrected chi connectivity index (χ3v) is 8.44. The van der Waals surface area contributed by atoms with Gasteiger partial charge < -0.3 is 15.5 Å². The lowest BCUT2D eigenvalue weighted by molar-refractivity contribution is -0.124. The predicted octanol–water partition coefficient (Wildman–Crippen LogP) is 2.48. The number of allylic oxidation sites excluding steroid dienone is 2. The third kappa shape index (κ3) is 2.65. The number of ketones is 1. The first-order valence-electron chi connectivity index (χ1n) is 10.3. The maximum absolute atomic E-state index is 11.9. The van der Waals surface area contributed by atoms with E-state index in [1.165, 1.54) is 5.57 Å². The molecule has 4 aliphatic carbocycles. The van der Waals surface area contributed by atoms with Gasteiger partial charge >= 0.3 is 0 Å². The van der Waals surface area contributed by atoms with Gasteiger partial charge in [0, 0.05) is 12.1 Å². The molecule has 0 aliphatic heterocycles. The first-order chi connectivity index (χ1) is 12.8. The smallest absolute Gasteiger partial charge is 0.211 e. The van der Waals surface area contributed by atoms with Gasteiger partial charge in [0.05, 0.1) is 12.7 Å². The molecule has 4 aliphatic rings. The summed E-state index contributed by atoms with van der Waals surface area (Å²) in [6.07, 6.45) is 8.02. The molecule has 0 bridgehead atoms. The number of hydrogen-bond donors (Lipinski definition) is 3. The van der Waals surface area contributed by atoms with E-state index >= 15 is 0 Å². The molecule has 1 amide bonds. The van der Waals surface area contributed by atoms with Crippen LogP contribution < -0.4 is 5.32 Å². The van der Waals surface area contributed by atoms with Gasteiger partial charge in [0.15, 0.2) is 5.78 Å². The lowest BCUT2D eigenvalue weighted by Gasteiger charge is -2.59. The number of rotatable bonds is 3. The molecule has 3 fully saturated rings. The number of aliphatic hydroxyl groups is 2. The van der Waals surface area contributed by atoms with Gasteiger partial charge in [-0.05, 0) is 78.8 Å². The van der Waals surface area contributed by atoms with Gasteiger partial charge in [-0.1, -0.05) is 19.4 Å². The molecule has 0 aromatic heterocycles. The number of fused-ring (bicyclic) bond motifs is 5. The number of aliphatic hydroxyl groups excluding tert-OH is 2. The Balaban J connectivity index is 1.73. The van der Waals surface area contributed by atoms with E-state index in [4.69, 9.17) is 0 Å². The van der Waals surface area contributed by atoms with E-state index in [0.29, 0.717) is 36.8 Å². The van der Waals surface area contributed by atoms with Crippen LogP contribution in [0.5, 0.6) is 0 Å². The van der Waals surface area contributed by atoms with E-state index in [1.54, 1.807) is 0 Å². The topological polar surface area (TPSA) is 86.6 Å². The average Bonchev–Trinajstić information content (AvgIpc) is 2.96. The fourth-order valence-electron chi connectivity index (χ4n) is 7.29. The highest BCUT2D eigenvalue weighted by Gasteiger charge is 2.61. The number of hydrogen-bond acceptors (Lipinski definition) is 4. The highest BCUT2D eigenvalue weighted by Crippen LogP contribution is 2.66. The van der Waals surface area contributed by atoms with Gasteiger partial charge in [-0.2, -0.15) is 0 Å². The highest BCUT2D eigenvalue weighted by atomic mass is 16.3. The molecule has 0 radical (unpaired) electrons. The molecule has 0 aromatic carbocycles. The van der Waals surface area contributed by atoms with E-state index in [0.717, 1.165) is 37.7 Å². The van der Waals surface area contributed by atoms with Crippen LogP contribution in [0.1, 0.15) is 58.8 Å². The predicted molar refractivity (Wildman–Crippen MR) is 101 cm³/mol. The second kappa shape index (κ2) is 6.56. The van der Waals surface area contributed by atoms with E-state index in [-0.39, 0.29) is 29.1 Å². The Morgan fingerprint density at radius 1 is 1.26 bits per heavy atom. The van der Waals surface area contributed by atoms with E-state index < -0.39 is 6.10 Å². The highest BCUT2D eigenvalue weighted by molar-refractivity contribution is 5.91. The summed E-state index contributed by atoms with van der Waals surface area (Å²) in [5.41, 5.74) is 2.72. The Labute approximate surface area is 160 Å². The molecular formula is C22H31NO4. The van der Waals surface area contributed by atoms with Crippen molar-refractivity contribution in [3.05, 3.63) is 22.9 Å². The SMILES string of the molecule is C[C@]12CCC(=O)C=C1CC[C@@H]1[C@@H]2[C@@H](O)C[C@]2(C)C(=C(CO)NC=O)CC[C@@H]12. The van der Waals surface area contributed by atoms with Crippen LogP contribution >= 0.6 is 0 Å². The minimum absolute atomic E-state index is 0.0785. The number of nitrogens with one attached hydrogen (secondary N) is 1. The Morgan fingerprint density at radius 2 is 2.04 bits per heavy atom. The Kier molecular flexibility index (Phi) is 4.59. The van der Waals surface area contributed by atoms with Crippen molar-refractivity contribution >= 4 is 12.2 Å². The number of carbonyl (C=O) groups is 2. The van der Waals surface area contributed by atoms with Crippen LogP contribution in [-0.4, -0.2) is 35.1 Å². The minimum atomic E-state index is -0.428. The normalized spacial score (nSPS) is 45.3. The van der Waals surface area contributed by atoms with Crippen molar-refractivity contribution < 1.29 is 19.8 Å². The number of carbonyl (C=O) groups excluding carboxylic acids is 2. The zero-order valence-electron chi connectivity index (χ0n) is 16.3. The standard InChI is InChI=1S/C22H31NO4/c1-21-8-7-14(26)9-13(21)3-4-15-16-5-6-17(18(11-24)23-12-25)22(16,2)10-19(27)20(15)21/h9,12,15-16,19-20,24,27H,3-8,10-11H2,1-2H3,(H,23,25)/t15-,16-,19-,20+,21-,22-/m0/s1. The summed E-state index contributed by atoms with van der Waals surface area (Å²) in [4.78, 5) is 22.9. The van der Waals surface area contributed by atoms with Crippen LogP contribution in [0, 0.1) is 28.6 Å². The van der Waals surface area contributed by atoms with Crippen LogP contribution in [0.4, 0.5) is 0 Å². The Morgan fingerprint density at radius 3 is 2.74 bits per heavy atom. The van der Waals surface area contributed by atoms with Gasteiger partial charge in [0.1, 0.15) is 0 Å². The van der Waals surface area contributed by atoms with Gasteiger partial charge in [-0.15, -0.1) is 0 Å². The molecule has 4 rings (SSSR count). The van der Waals surface area contributed by atoms with Gasteiger partial charge in [0.2, 0.25) is 6.41 Å². The molecule has 0 spiro atoms. The molecule has 5 heteroatoms. The van der Waals surface area contributed by atoms with Gasteiger partial charge in [0.25, 0.3) is 0 Å². The minimum Gasteiger partial charge on any atom is -0.393 e. The average molecular weight is 373 g/mol. The summed E-state index contributed by atoms with van der Waals surface area (Å²) in [5, 5.41) is 23.8. The zero-order valence-corrected chi connectivity index (χ0v) is 16.3. The second-order valence-corrected chi connectivity index (χ2v) is 9.49. The van der Waals surface area contributed by atoms with E-state index in [2.05, 4.69) is 19.2 Å². The van der Waals surface area contributed by atoms with Crippen molar-refractivity contribution in [2.24, 2.45) is 28.6 Å². The van der Waals surface area contributed by atoms with Crippen molar-refractivity contribution in [3.8, 4) is 0 Å². The third-order valence-electron chi connectivity index (χ3n) is 8.44. The lowest BCUT2D eigenvalue weighted by Crippen LogP contribution is -2.56. The second-order valence-electron chi connectivity index (χ2n) is 9.49. The molecule has 0 unspecified atom stereocenters. The van der Waals surface area contributed by atoms with Crippen molar-refractivity contribution in [2.45, 2.75) is 64.9 Å². The Bertz CT molecular complexity index is 726. The van der Waals surface area contributed by atoms with Crippen LogP contribution in [0.3, 0.4) is 0 Å². The summed E-state index contributed by atoms with van der Waals surface area (Å²) in [6, 6.07) is 0. The molecular weight excluding hydrogens is 342 g/mol. The Hall–Kier alpha value is -1.46. The molecule has 6 atom stereocenters. The summed E-state index contributed by atoms with van der Waals surface area (Å²) in [5.74, 6) is 1.30. The molecule has 3 saturated carbocycles. The number of amides is 1. The molecule has 148 valence electrons. The van der Waals surface area contributed by atoms with Crippen LogP contribution in [-0.2, 0) is 9.59 Å². The van der Waals surface area contributed by atoms with Crippen molar-refractivity contribution in [3.63, 3.8) is 0 Å². The lowest BCUT2D eigenvalue weighted by atomic mass is 9.46. The maximum Gasteiger partial charge on any atom is 0.211 e. The molecule has 5 nitrogen and oxygen atoms in total. The van der Waals surface area contributed by atoms with Gasteiger partial charge in [-0.3, -0.25) is 9.59 Å². The molecule has 0 aromatic rings. The summed E-state index contributed by atoms with van der Waals surface area (Å²) in [6.45, 7) is 4.29. The zero-order chi connectivity index (χ0) is 19.4. The maximum atomic E-state index is 11.9. The van der Waals surface area contributed by atoms with Crippen molar-refractivity contribution in [2.75, 3.05) is 6.61 Å². The summed E-state index contributed by atoms with van der Waals surface area (Å²) < 4.78 is 0. The summed E-state index contributed by atoms with van der Waals surface area (Å²) >= 11 is 0. The van der Waals surface area contributed by atoms with Crippen molar-refractivity contribution in [1.82, 2.24) is 5.32 Å². The first-order valence-corrected chi connectivity index (χ1v) is 10.3.